The first-order valence-corrected chi connectivity index (χ1v) is 13.2. The standard InChI is InChI=1S/C24H26F3N5O6S/c25-24(26,27)17-7-9-18(10-8-17)39(37,38)32-19(22(35)36)14-30-21(34)16-5-2-15(3-6-16)4-11-20(33)31-23-28-12-1-13-29-23/h2-3,5-10,19,32H,1,4,11-14H2,(H,30,34)(H,35,36)(H2,28,29,31,33)/t19-/m0/s1. The minimum Gasteiger partial charge on any atom is -0.480 e. The van der Waals surface area contributed by atoms with Crippen molar-refractivity contribution < 1.29 is 41.1 Å². The van der Waals surface area contributed by atoms with Gasteiger partial charge in [-0.15, -0.1) is 0 Å². The van der Waals surface area contributed by atoms with Crippen molar-refractivity contribution in [2.75, 3.05) is 19.6 Å². The minimum absolute atomic E-state index is 0.165. The van der Waals surface area contributed by atoms with E-state index in [0.29, 0.717) is 43.2 Å². The highest BCUT2D eigenvalue weighted by Gasteiger charge is 2.31. The molecule has 210 valence electrons. The van der Waals surface area contributed by atoms with Crippen LogP contribution in [-0.2, 0) is 32.2 Å². The molecule has 15 heteroatoms. The van der Waals surface area contributed by atoms with Gasteiger partial charge in [-0.2, -0.15) is 17.9 Å². The summed E-state index contributed by atoms with van der Waals surface area (Å²) in [5, 5.41) is 17.4. The molecule has 1 atom stereocenters. The number of nitrogens with zero attached hydrogens (tertiary/aromatic N) is 1. The monoisotopic (exact) mass is 569 g/mol. The smallest absolute Gasteiger partial charge is 0.416 e. The number of carbonyl (C=O) groups excluding carboxylic acids is 2. The number of aryl methyl sites for hydroxylation is 1. The largest absolute Gasteiger partial charge is 0.480 e. The predicted molar refractivity (Wildman–Crippen MR) is 133 cm³/mol. The van der Waals surface area contributed by atoms with Crippen molar-refractivity contribution in [2.45, 2.75) is 36.4 Å². The van der Waals surface area contributed by atoms with Crippen molar-refractivity contribution in [1.82, 2.24) is 20.7 Å². The highest BCUT2D eigenvalue weighted by atomic mass is 32.2. The lowest BCUT2D eigenvalue weighted by atomic mass is 10.1. The van der Waals surface area contributed by atoms with Crippen LogP contribution in [0.1, 0.15) is 34.3 Å². The third-order valence-electron chi connectivity index (χ3n) is 5.57. The average Bonchev–Trinajstić information content (AvgIpc) is 2.90. The molecule has 39 heavy (non-hydrogen) atoms. The molecular weight excluding hydrogens is 543 g/mol. The lowest BCUT2D eigenvalue weighted by Crippen LogP contribution is -2.48. The van der Waals surface area contributed by atoms with E-state index in [2.05, 4.69) is 20.9 Å². The minimum atomic E-state index is -4.67. The Morgan fingerprint density at radius 2 is 1.72 bits per heavy atom. The molecule has 5 N–H and O–H groups in total. The van der Waals surface area contributed by atoms with E-state index < -0.39 is 51.1 Å². The molecule has 11 nitrogen and oxygen atoms in total. The van der Waals surface area contributed by atoms with E-state index in [1.807, 2.05) is 4.72 Å². The molecule has 1 aliphatic rings. The Morgan fingerprint density at radius 3 is 2.28 bits per heavy atom. The summed E-state index contributed by atoms with van der Waals surface area (Å²) < 4.78 is 65.0. The highest BCUT2D eigenvalue weighted by molar-refractivity contribution is 7.89. The van der Waals surface area contributed by atoms with Gasteiger partial charge in [0.15, 0.2) is 5.96 Å². The molecule has 0 radical (unpaired) electrons. The van der Waals surface area contributed by atoms with Crippen LogP contribution < -0.4 is 20.7 Å². The summed E-state index contributed by atoms with van der Waals surface area (Å²) in [5.74, 6) is -2.06. The van der Waals surface area contributed by atoms with Gasteiger partial charge in [0, 0.05) is 31.6 Å². The van der Waals surface area contributed by atoms with Crippen LogP contribution in [0.3, 0.4) is 0 Å². The first-order chi connectivity index (χ1) is 18.3. The Bertz CT molecular complexity index is 1330. The van der Waals surface area contributed by atoms with Crippen molar-refractivity contribution in [3.8, 4) is 0 Å². The number of benzene rings is 2. The molecule has 3 rings (SSSR count). The number of sulfonamides is 1. The van der Waals surface area contributed by atoms with E-state index in [1.165, 1.54) is 12.1 Å². The lowest BCUT2D eigenvalue weighted by molar-refractivity contribution is -0.139. The van der Waals surface area contributed by atoms with E-state index in [9.17, 15) is 41.1 Å². The van der Waals surface area contributed by atoms with Crippen molar-refractivity contribution in [3.05, 3.63) is 65.2 Å². The van der Waals surface area contributed by atoms with Crippen LogP contribution in [0, 0.1) is 0 Å². The van der Waals surface area contributed by atoms with E-state index >= 15 is 0 Å². The molecule has 0 unspecified atom stereocenters. The van der Waals surface area contributed by atoms with E-state index in [4.69, 9.17) is 0 Å². The summed E-state index contributed by atoms with van der Waals surface area (Å²) in [4.78, 5) is 39.7. The Balaban J connectivity index is 1.52. The van der Waals surface area contributed by atoms with Gasteiger partial charge in [0.2, 0.25) is 15.9 Å². The van der Waals surface area contributed by atoms with Crippen molar-refractivity contribution in [2.24, 2.45) is 4.99 Å². The number of nitrogens with one attached hydrogen (secondary N) is 4. The van der Waals surface area contributed by atoms with Crippen molar-refractivity contribution in [1.29, 1.82) is 0 Å². The quantitative estimate of drug-likeness (QED) is 0.287. The number of guanidine groups is 1. The second-order valence-corrected chi connectivity index (χ2v) is 10.2. The van der Waals surface area contributed by atoms with E-state index in [-0.39, 0.29) is 17.9 Å². The van der Waals surface area contributed by atoms with Gasteiger partial charge in [0.25, 0.3) is 5.91 Å². The van der Waals surface area contributed by atoms with Crippen LogP contribution in [0.4, 0.5) is 13.2 Å². The first-order valence-electron chi connectivity index (χ1n) is 11.7. The third-order valence-corrected chi connectivity index (χ3v) is 7.05. The maximum absolute atomic E-state index is 12.7. The van der Waals surface area contributed by atoms with E-state index in [1.54, 1.807) is 12.1 Å². The SMILES string of the molecule is O=C(CCc1ccc(C(=O)NC[C@H](NS(=O)(=O)c2ccc(C(F)(F)F)cc2)C(=O)O)cc1)NC1=NCCCN1. The lowest BCUT2D eigenvalue weighted by Gasteiger charge is -2.16. The van der Waals surface area contributed by atoms with Gasteiger partial charge in [-0.1, -0.05) is 12.1 Å². The second-order valence-electron chi connectivity index (χ2n) is 8.50. The molecule has 1 heterocycles. The van der Waals surface area contributed by atoms with Crippen LogP contribution in [0.25, 0.3) is 0 Å². The zero-order chi connectivity index (χ0) is 28.6. The fourth-order valence-corrected chi connectivity index (χ4v) is 4.64. The molecule has 0 bridgehead atoms. The first kappa shape index (κ1) is 29.6. The number of rotatable bonds is 10. The van der Waals surface area contributed by atoms with Gasteiger partial charge in [0.05, 0.1) is 10.5 Å². The zero-order valence-electron chi connectivity index (χ0n) is 20.4. The number of carbonyl (C=O) groups is 3. The maximum Gasteiger partial charge on any atom is 0.416 e. The third kappa shape index (κ3) is 8.78. The summed E-state index contributed by atoms with van der Waals surface area (Å²) >= 11 is 0. The van der Waals surface area contributed by atoms with Gasteiger partial charge in [-0.25, -0.2) is 8.42 Å². The molecule has 0 fully saturated rings. The molecule has 2 aromatic rings. The van der Waals surface area contributed by atoms with Gasteiger partial charge in [-0.3, -0.25) is 24.7 Å². The second kappa shape index (κ2) is 12.7. The topological polar surface area (TPSA) is 166 Å². The zero-order valence-corrected chi connectivity index (χ0v) is 21.2. The van der Waals surface area contributed by atoms with Gasteiger partial charge in [-0.05, 0) is 54.8 Å². The summed E-state index contributed by atoms with van der Waals surface area (Å²) in [5.41, 5.74) is -0.129. The van der Waals surface area contributed by atoms with E-state index in [0.717, 1.165) is 18.5 Å². The average molecular weight is 570 g/mol. The summed E-state index contributed by atoms with van der Waals surface area (Å²) in [7, 11) is -4.50. The number of amides is 2. The number of hydrogen-bond donors (Lipinski definition) is 5. The Morgan fingerprint density at radius 1 is 1.05 bits per heavy atom. The predicted octanol–water partition coefficient (Wildman–Crippen LogP) is 1.27. The number of aliphatic imine (C=N–C) groups is 1. The Kier molecular flexibility index (Phi) is 9.64. The molecule has 2 aromatic carbocycles. The van der Waals surface area contributed by atoms with Crippen molar-refractivity contribution in [3.63, 3.8) is 0 Å². The van der Waals surface area contributed by atoms with Crippen LogP contribution >= 0.6 is 0 Å². The van der Waals surface area contributed by atoms with Crippen LogP contribution in [0.2, 0.25) is 0 Å². The van der Waals surface area contributed by atoms with Gasteiger partial charge in [0.1, 0.15) is 6.04 Å². The van der Waals surface area contributed by atoms with Crippen LogP contribution in [0.5, 0.6) is 0 Å². The summed E-state index contributed by atoms with van der Waals surface area (Å²) in [6, 6.07) is 6.93. The molecule has 0 spiro atoms. The number of carboxylic acid groups (broad SMARTS) is 1. The number of alkyl halides is 3. The highest BCUT2D eigenvalue weighted by Crippen LogP contribution is 2.29. The molecule has 1 aliphatic heterocycles. The molecule has 0 saturated carbocycles. The molecule has 0 saturated heterocycles. The number of hydrogen-bond acceptors (Lipinski definition) is 7. The molecule has 2 amide bonds. The van der Waals surface area contributed by atoms with Crippen molar-refractivity contribution >= 4 is 33.8 Å². The fourth-order valence-electron chi connectivity index (χ4n) is 3.45. The maximum atomic E-state index is 12.7. The Hall–Kier alpha value is -3.98. The summed E-state index contributed by atoms with van der Waals surface area (Å²) in [6.45, 7) is 0.749. The number of carboxylic acids is 1. The Labute approximate surface area is 221 Å². The summed E-state index contributed by atoms with van der Waals surface area (Å²) in [6.07, 6.45) is -3.19. The van der Waals surface area contributed by atoms with Gasteiger partial charge < -0.3 is 15.7 Å². The molecular formula is C24H26F3N5O6S. The fraction of sp³-hybridized carbons (Fsp3) is 0.333. The van der Waals surface area contributed by atoms with Gasteiger partial charge >= 0.3 is 12.1 Å². The normalized spacial score (nSPS) is 14.5. The molecule has 0 aliphatic carbocycles. The van der Waals surface area contributed by atoms with Crippen LogP contribution in [0.15, 0.2) is 58.4 Å². The number of halogens is 3. The number of aliphatic carboxylic acids is 1. The molecule has 0 aromatic heterocycles. The van der Waals surface area contributed by atoms with Crippen LogP contribution in [-0.4, -0.2) is 62.9 Å².